The molecule has 4 unspecified atom stereocenters. The predicted octanol–water partition coefficient (Wildman–Crippen LogP) is -1.64. The first-order valence-electron chi connectivity index (χ1n) is 6.23. The first-order chi connectivity index (χ1) is 9.56. The Balaban J connectivity index is 0. The Morgan fingerprint density at radius 1 is 0.857 bits per heavy atom. The van der Waals surface area contributed by atoms with Crippen LogP contribution in [0.2, 0.25) is 0 Å². The molecule has 0 rings (SSSR count). The Bertz CT molecular complexity index is 318. The van der Waals surface area contributed by atoms with Gasteiger partial charge in [0.2, 0.25) is 0 Å². The summed E-state index contributed by atoms with van der Waals surface area (Å²) in [7, 11) is 0. The maximum Gasteiger partial charge on any atom is 0.335 e. The van der Waals surface area contributed by atoms with Gasteiger partial charge < -0.3 is 35.4 Å². The molecule has 0 aliphatic carbocycles. The van der Waals surface area contributed by atoms with E-state index in [4.69, 9.17) is 30.6 Å². The molecule has 4 atom stereocenters. The Kier molecular flexibility index (Phi) is 11.5. The van der Waals surface area contributed by atoms with Gasteiger partial charge in [0.1, 0.15) is 18.0 Å². The SMILES string of the molecule is CCCCC(C)=O.O=C(O)C(O)C(O)C(O)C(O)C(=O)O. The number of hydrogen-bond acceptors (Lipinski definition) is 7. The van der Waals surface area contributed by atoms with E-state index in [1.54, 1.807) is 6.92 Å². The molecular weight excluding hydrogens is 288 g/mol. The fraction of sp³-hybridized carbons (Fsp3) is 0.750. The normalized spacial score (nSPS) is 15.9. The van der Waals surface area contributed by atoms with Crippen LogP contribution in [0.4, 0.5) is 0 Å². The molecule has 0 heterocycles. The number of unbranched alkanes of at least 4 members (excludes halogenated alkanes) is 1. The van der Waals surface area contributed by atoms with Gasteiger partial charge in [-0.1, -0.05) is 13.3 Å². The van der Waals surface area contributed by atoms with Crippen molar-refractivity contribution >= 4 is 17.7 Å². The summed E-state index contributed by atoms with van der Waals surface area (Å²) in [6.07, 6.45) is -6.35. The maximum atomic E-state index is 10.2. The third-order valence-electron chi connectivity index (χ3n) is 2.39. The molecule has 9 heteroatoms. The van der Waals surface area contributed by atoms with E-state index in [9.17, 15) is 14.4 Å². The van der Waals surface area contributed by atoms with Crippen LogP contribution in [0.3, 0.4) is 0 Å². The Hall–Kier alpha value is -1.55. The molecule has 0 saturated heterocycles. The quantitative estimate of drug-likeness (QED) is 0.307. The zero-order valence-electron chi connectivity index (χ0n) is 11.8. The second-order valence-corrected chi connectivity index (χ2v) is 4.35. The molecule has 0 aromatic rings. The number of carboxylic acid groups (broad SMARTS) is 2. The van der Waals surface area contributed by atoms with E-state index in [-0.39, 0.29) is 0 Å². The molecule has 0 aliphatic rings. The first kappa shape index (κ1) is 21.7. The highest BCUT2D eigenvalue weighted by atomic mass is 16.4. The van der Waals surface area contributed by atoms with E-state index in [0.717, 1.165) is 19.3 Å². The molecule has 0 radical (unpaired) electrons. The first-order valence-corrected chi connectivity index (χ1v) is 6.23. The number of aliphatic hydroxyl groups excluding tert-OH is 4. The van der Waals surface area contributed by atoms with Gasteiger partial charge in [-0.15, -0.1) is 0 Å². The van der Waals surface area contributed by atoms with Gasteiger partial charge in [-0.3, -0.25) is 0 Å². The standard InChI is InChI=1S/C6H10O8.C6H12O/c7-1(3(9)5(11)12)2(8)4(10)6(13)14;1-3-4-5-6(2)7/h1-4,7-10H,(H,11,12)(H,13,14);3-5H2,1-2H3. The summed E-state index contributed by atoms with van der Waals surface area (Å²) in [6.45, 7) is 3.72. The van der Waals surface area contributed by atoms with Gasteiger partial charge in [0.05, 0.1) is 0 Å². The number of ketones is 1. The highest BCUT2D eigenvalue weighted by Gasteiger charge is 2.37. The summed E-state index contributed by atoms with van der Waals surface area (Å²) in [5.41, 5.74) is 0. The Morgan fingerprint density at radius 3 is 1.33 bits per heavy atom. The lowest BCUT2D eigenvalue weighted by atomic mass is 10.0. The van der Waals surface area contributed by atoms with Crippen LogP contribution in [0.5, 0.6) is 0 Å². The number of aliphatic hydroxyl groups is 4. The molecule has 124 valence electrons. The smallest absolute Gasteiger partial charge is 0.335 e. The minimum Gasteiger partial charge on any atom is -0.479 e. The number of Topliss-reactive ketones (excluding diaryl/α,β-unsaturated/α-hetero) is 1. The van der Waals surface area contributed by atoms with Crippen molar-refractivity contribution in [1.29, 1.82) is 0 Å². The second-order valence-electron chi connectivity index (χ2n) is 4.35. The van der Waals surface area contributed by atoms with Gasteiger partial charge in [-0.05, 0) is 13.3 Å². The molecule has 0 spiro atoms. The van der Waals surface area contributed by atoms with Gasteiger partial charge in [-0.2, -0.15) is 0 Å². The van der Waals surface area contributed by atoms with E-state index in [0.29, 0.717) is 5.78 Å². The largest absolute Gasteiger partial charge is 0.479 e. The summed E-state index contributed by atoms with van der Waals surface area (Å²) >= 11 is 0. The predicted molar refractivity (Wildman–Crippen MR) is 69.5 cm³/mol. The topological polar surface area (TPSA) is 173 Å². The molecule has 6 N–H and O–H groups in total. The summed E-state index contributed by atoms with van der Waals surface area (Å²) in [5.74, 6) is -3.37. The van der Waals surface area contributed by atoms with E-state index < -0.39 is 36.4 Å². The highest BCUT2D eigenvalue weighted by Crippen LogP contribution is 2.05. The molecular formula is C12H22O9. The van der Waals surface area contributed by atoms with E-state index in [1.165, 1.54) is 0 Å². The summed E-state index contributed by atoms with van der Waals surface area (Å²) in [4.78, 5) is 30.4. The third-order valence-corrected chi connectivity index (χ3v) is 2.39. The molecule has 0 saturated carbocycles. The number of carboxylic acids is 2. The van der Waals surface area contributed by atoms with E-state index in [1.807, 2.05) is 0 Å². The number of carbonyl (C=O) groups excluding carboxylic acids is 1. The molecule has 0 aromatic carbocycles. The zero-order valence-corrected chi connectivity index (χ0v) is 11.8. The lowest BCUT2D eigenvalue weighted by Gasteiger charge is -2.21. The van der Waals surface area contributed by atoms with Crippen molar-refractivity contribution in [1.82, 2.24) is 0 Å². The zero-order chi connectivity index (χ0) is 17.2. The van der Waals surface area contributed by atoms with Gasteiger partial charge >= 0.3 is 11.9 Å². The van der Waals surface area contributed by atoms with Crippen molar-refractivity contribution < 1.29 is 45.0 Å². The van der Waals surface area contributed by atoms with Crippen molar-refractivity contribution in [2.24, 2.45) is 0 Å². The van der Waals surface area contributed by atoms with Crippen LogP contribution in [0.15, 0.2) is 0 Å². The lowest BCUT2D eigenvalue weighted by molar-refractivity contribution is -0.172. The number of rotatable bonds is 8. The molecule has 0 aliphatic heterocycles. The molecule has 9 nitrogen and oxygen atoms in total. The molecule has 0 aromatic heterocycles. The summed E-state index contributed by atoms with van der Waals surface area (Å²) in [6, 6.07) is 0. The average Bonchev–Trinajstić information content (AvgIpc) is 2.42. The van der Waals surface area contributed by atoms with E-state index in [2.05, 4.69) is 6.92 Å². The van der Waals surface area contributed by atoms with Crippen LogP contribution in [-0.2, 0) is 14.4 Å². The number of aliphatic carboxylic acids is 2. The fourth-order valence-electron chi connectivity index (χ4n) is 1.09. The summed E-state index contributed by atoms with van der Waals surface area (Å²) < 4.78 is 0. The van der Waals surface area contributed by atoms with Crippen molar-refractivity contribution in [3.8, 4) is 0 Å². The number of carbonyl (C=O) groups is 3. The third kappa shape index (κ3) is 9.91. The minimum absolute atomic E-state index is 0.307. The van der Waals surface area contributed by atoms with Crippen LogP contribution in [0.1, 0.15) is 33.1 Å². The van der Waals surface area contributed by atoms with Crippen molar-refractivity contribution in [3.05, 3.63) is 0 Å². The summed E-state index contributed by atoms with van der Waals surface area (Å²) in [5, 5.41) is 51.5. The molecule has 0 fully saturated rings. The lowest BCUT2D eigenvalue weighted by Crippen LogP contribution is -2.49. The molecule has 0 bridgehead atoms. The van der Waals surface area contributed by atoms with Gasteiger partial charge in [-0.25, -0.2) is 9.59 Å². The van der Waals surface area contributed by atoms with Crippen molar-refractivity contribution in [2.75, 3.05) is 0 Å². The Labute approximate surface area is 121 Å². The monoisotopic (exact) mass is 310 g/mol. The van der Waals surface area contributed by atoms with Gasteiger partial charge in [0.15, 0.2) is 12.2 Å². The molecule has 21 heavy (non-hydrogen) atoms. The maximum absolute atomic E-state index is 10.2. The van der Waals surface area contributed by atoms with Crippen LogP contribution >= 0.6 is 0 Å². The highest BCUT2D eigenvalue weighted by molar-refractivity contribution is 5.75. The van der Waals surface area contributed by atoms with Crippen molar-refractivity contribution in [3.63, 3.8) is 0 Å². The van der Waals surface area contributed by atoms with Crippen molar-refractivity contribution in [2.45, 2.75) is 57.5 Å². The fourth-order valence-corrected chi connectivity index (χ4v) is 1.09. The number of hydrogen-bond donors (Lipinski definition) is 6. The van der Waals surface area contributed by atoms with Crippen LogP contribution in [0, 0.1) is 0 Å². The second kappa shape index (κ2) is 11.1. The van der Waals surface area contributed by atoms with Crippen LogP contribution < -0.4 is 0 Å². The Morgan fingerprint density at radius 2 is 1.19 bits per heavy atom. The van der Waals surface area contributed by atoms with Gasteiger partial charge in [0.25, 0.3) is 0 Å². The van der Waals surface area contributed by atoms with Gasteiger partial charge in [0, 0.05) is 6.42 Å². The average molecular weight is 310 g/mol. The minimum atomic E-state index is -2.36. The van der Waals surface area contributed by atoms with Crippen LogP contribution in [-0.4, -0.2) is 72.8 Å². The van der Waals surface area contributed by atoms with Crippen LogP contribution in [0.25, 0.3) is 0 Å². The van der Waals surface area contributed by atoms with E-state index >= 15 is 0 Å². The molecule has 0 amide bonds.